The van der Waals surface area contributed by atoms with Gasteiger partial charge in [0, 0.05) is 17.3 Å². The highest BCUT2D eigenvalue weighted by Crippen LogP contribution is 2.09. The standard InChI is InChI=1S/C10H11N3OS/c1-7-6-15-9(12-7)5-13-4-2-3-8(11)10(13)14/h2-4,6H,5,11H2,1H3. The van der Waals surface area contributed by atoms with Gasteiger partial charge in [-0.3, -0.25) is 4.79 Å². The topological polar surface area (TPSA) is 60.9 Å². The maximum Gasteiger partial charge on any atom is 0.274 e. The van der Waals surface area contributed by atoms with E-state index in [-0.39, 0.29) is 11.2 Å². The van der Waals surface area contributed by atoms with Gasteiger partial charge in [0.05, 0.1) is 12.2 Å². The second kappa shape index (κ2) is 3.86. The van der Waals surface area contributed by atoms with Crippen molar-refractivity contribution in [1.82, 2.24) is 9.55 Å². The van der Waals surface area contributed by atoms with Crippen molar-refractivity contribution in [2.75, 3.05) is 5.73 Å². The van der Waals surface area contributed by atoms with E-state index in [4.69, 9.17) is 5.73 Å². The number of hydrogen-bond acceptors (Lipinski definition) is 4. The molecule has 0 unspecified atom stereocenters. The molecule has 0 spiro atoms. The minimum Gasteiger partial charge on any atom is -0.394 e. The summed E-state index contributed by atoms with van der Waals surface area (Å²) >= 11 is 1.55. The summed E-state index contributed by atoms with van der Waals surface area (Å²) in [6, 6.07) is 3.36. The zero-order chi connectivity index (χ0) is 10.8. The maximum atomic E-state index is 11.6. The van der Waals surface area contributed by atoms with Crippen LogP contribution in [0.15, 0.2) is 28.5 Å². The van der Waals surface area contributed by atoms with Crippen molar-refractivity contribution in [3.63, 3.8) is 0 Å². The summed E-state index contributed by atoms with van der Waals surface area (Å²) in [7, 11) is 0. The highest BCUT2D eigenvalue weighted by Gasteiger charge is 2.03. The Hall–Kier alpha value is -1.62. The van der Waals surface area contributed by atoms with Crippen molar-refractivity contribution >= 4 is 17.0 Å². The summed E-state index contributed by atoms with van der Waals surface area (Å²) in [6.07, 6.45) is 1.72. The van der Waals surface area contributed by atoms with Crippen molar-refractivity contribution in [2.24, 2.45) is 0 Å². The number of anilines is 1. The largest absolute Gasteiger partial charge is 0.394 e. The molecule has 0 radical (unpaired) electrons. The van der Waals surface area contributed by atoms with Crippen LogP contribution in [-0.4, -0.2) is 9.55 Å². The Morgan fingerprint density at radius 1 is 1.60 bits per heavy atom. The number of rotatable bonds is 2. The van der Waals surface area contributed by atoms with E-state index >= 15 is 0 Å². The van der Waals surface area contributed by atoms with Gasteiger partial charge in [0.2, 0.25) is 0 Å². The van der Waals surface area contributed by atoms with Crippen LogP contribution in [-0.2, 0) is 6.54 Å². The zero-order valence-electron chi connectivity index (χ0n) is 8.30. The van der Waals surface area contributed by atoms with Gasteiger partial charge in [-0.1, -0.05) is 0 Å². The van der Waals surface area contributed by atoms with Crippen LogP contribution in [0.3, 0.4) is 0 Å². The average Bonchev–Trinajstić information content (AvgIpc) is 2.59. The van der Waals surface area contributed by atoms with Gasteiger partial charge in [-0.25, -0.2) is 4.98 Å². The molecule has 0 saturated carbocycles. The molecule has 0 aromatic carbocycles. The quantitative estimate of drug-likeness (QED) is 0.830. The highest BCUT2D eigenvalue weighted by atomic mass is 32.1. The van der Waals surface area contributed by atoms with Gasteiger partial charge in [-0.15, -0.1) is 11.3 Å². The summed E-state index contributed by atoms with van der Waals surface area (Å²) in [5.74, 6) is 0. The predicted molar refractivity (Wildman–Crippen MR) is 61.1 cm³/mol. The maximum absolute atomic E-state index is 11.6. The van der Waals surface area contributed by atoms with Crippen LogP contribution in [0, 0.1) is 6.92 Å². The first-order valence-electron chi connectivity index (χ1n) is 4.53. The molecule has 2 aromatic rings. The molecular weight excluding hydrogens is 210 g/mol. The molecule has 4 nitrogen and oxygen atoms in total. The lowest BCUT2D eigenvalue weighted by Gasteiger charge is -2.02. The number of aromatic nitrogens is 2. The molecule has 2 heterocycles. The van der Waals surface area contributed by atoms with E-state index in [9.17, 15) is 4.79 Å². The Kier molecular flexibility index (Phi) is 2.55. The van der Waals surface area contributed by atoms with E-state index in [1.165, 1.54) is 0 Å². The van der Waals surface area contributed by atoms with Gasteiger partial charge < -0.3 is 10.3 Å². The summed E-state index contributed by atoms with van der Waals surface area (Å²) < 4.78 is 1.56. The Labute approximate surface area is 91.0 Å². The third-order valence-electron chi connectivity index (χ3n) is 2.02. The third kappa shape index (κ3) is 2.07. The van der Waals surface area contributed by atoms with Gasteiger partial charge in [-0.05, 0) is 19.1 Å². The lowest BCUT2D eigenvalue weighted by atomic mass is 10.4. The average molecular weight is 221 g/mol. The molecule has 0 amide bonds. The van der Waals surface area contributed by atoms with Crippen molar-refractivity contribution in [3.8, 4) is 0 Å². The van der Waals surface area contributed by atoms with E-state index < -0.39 is 0 Å². The molecule has 5 heteroatoms. The van der Waals surface area contributed by atoms with Crippen molar-refractivity contribution in [1.29, 1.82) is 0 Å². The number of nitrogens with two attached hydrogens (primary N) is 1. The molecule has 0 aliphatic carbocycles. The fraction of sp³-hybridized carbons (Fsp3) is 0.200. The van der Waals surface area contributed by atoms with Crippen LogP contribution >= 0.6 is 11.3 Å². The summed E-state index contributed by atoms with van der Waals surface area (Å²) in [5.41, 5.74) is 6.62. The number of nitrogens with zero attached hydrogens (tertiary/aromatic N) is 2. The van der Waals surface area contributed by atoms with E-state index in [1.807, 2.05) is 12.3 Å². The monoisotopic (exact) mass is 221 g/mol. The molecule has 0 aliphatic rings. The lowest BCUT2D eigenvalue weighted by molar-refractivity contribution is 0.755. The summed E-state index contributed by atoms with van der Waals surface area (Å²) in [4.78, 5) is 15.9. The van der Waals surface area contributed by atoms with Crippen LogP contribution in [0.4, 0.5) is 5.69 Å². The predicted octanol–water partition coefficient (Wildman–Crippen LogP) is 1.24. The highest BCUT2D eigenvalue weighted by molar-refractivity contribution is 7.09. The molecule has 0 aliphatic heterocycles. The van der Waals surface area contributed by atoms with Crippen LogP contribution in [0.25, 0.3) is 0 Å². The van der Waals surface area contributed by atoms with Gasteiger partial charge >= 0.3 is 0 Å². The summed E-state index contributed by atoms with van der Waals surface area (Å²) in [5, 5.41) is 2.88. The number of nitrogen functional groups attached to an aromatic ring is 1. The number of thiazole rings is 1. The smallest absolute Gasteiger partial charge is 0.274 e. The first-order valence-corrected chi connectivity index (χ1v) is 5.41. The lowest BCUT2D eigenvalue weighted by Crippen LogP contribution is -2.22. The van der Waals surface area contributed by atoms with Crippen molar-refractivity contribution < 1.29 is 0 Å². The normalized spacial score (nSPS) is 10.5. The Balaban J connectivity index is 2.32. The minimum atomic E-state index is -0.162. The second-order valence-electron chi connectivity index (χ2n) is 3.28. The first kappa shape index (κ1) is 9.92. The van der Waals surface area contributed by atoms with Gasteiger partial charge in [0.15, 0.2) is 0 Å². The molecular formula is C10H11N3OS. The van der Waals surface area contributed by atoms with Crippen LogP contribution in [0.2, 0.25) is 0 Å². The van der Waals surface area contributed by atoms with Crippen molar-refractivity contribution in [3.05, 3.63) is 44.8 Å². The number of hydrogen-bond donors (Lipinski definition) is 1. The molecule has 0 bridgehead atoms. The first-order chi connectivity index (χ1) is 7.16. The fourth-order valence-electron chi connectivity index (χ4n) is 1.30. The van der Waals surface area contributed by atoms with Gasteiger partial charge in [-0.2, -0.15) is 0 Å². The van der Waals surface area contributed by atoms with E-state index in [1.54, 1.807) is 34.2 Å². The Bertz CT molecular complexity index is 529. The van der Waals surface area contributed by atoms with E-state index in [0.717, 1.165) is 10.7 Å². The second-order valence-corrected chi connectivity index (χ2v) is 4.22. The Morgan fingerprint density at radius 2 is 2.40 bits per heavy atom. The van der Waals surface area contributed by atoms with E-state index in [0.29, 0.717) is 6.54 Å². The van der Waals surface area contributed by atoms with Crippen LogP contribution < -0.4 is 11.3 Å². The van der Waals surface area contributed by atoms with Gasteiger partial charge in [0.25, 0.3) is 5.56 Å². The molecule has 15 heavy (non-hydrogen) atoms. The fourth-order valence-corrected chi connectivity index (χ4v) is 2.07. The molecule has 0 fully saturated rings. The zero-order valence-corrected chi connectivity index (χ0v) is 9.12. The SMILES string of the molecule is Cc1csc(Cn2cccc(N)c2=O)n1. The minimum absolute atomic E-state index is 0.162. The molecule has 0 atom stereocenters. The Morgan fingerprint density at radius 3 is 3.07 bits per heavy atom. The van der Waals surface area contributed by atoms with Crippen LogP contribution in [0.1, 0.15) is 10.7 Å². The molecule has 2 rings (SSSR count). The van der Waals surface area contributed by atoms with E-state index in [2.05, 4.69) is 4.98 Å². The molecule has 78 valence electrons. The summed E-state index contributed by atoms with van der Waals surface area (Å²) in [6.45, 7) is 2.42. The number of pyridine rings is 1. The molecule has 0 saturated heterocycles. The van der Waals surface area contributed by atoms with Crippen LogP contribution in [0.5, 0.6) is 0 Å². The van der Waals surface area contributed by atoms with Crippen molar-refractivity contribution in [2.45, 2.75) is 13.5 Å². The third-order valence-corrected chi connectivity index (χ3v) is 2.97. The molecule has 2 N–H and O–H groups in total. The van der Waals surface area contributed by atoms with Gasteiger partial charge in [0.1, 0.15) is 5.01 Å². The number of aryl methyl sites for hydroxylation is 1. The molecule has 2 aromatic heterocycles.